The van der Waals surface area contributed by atoms with Gasteiger partial charge >= 0.3 is 0 Å². The second-order valence-electron chi connectivity index (χ2n) is 2.93. The Kier molecular flexibility index (Phi) is 2.49. The Hall–Kier alpha value is -0.160. The van der Waals surface area contributed by atoms with Crippen molar-refractivity contribution in [1.29, 1.82) is 0 Å². The summed E-state index contributed by atoms with van der Waals surface area (Å²) in [5.74, 6) is -0.272. The zero-order chi connectivity index (χ0) is 8.48. The van der Waals surface area contributed by atoms with E-state index in [0.717, 1.165) is 0 Å². The van der Waals surface area contributed by atoms with Gasteiger partial charge in [-0.2, -0.15) is 0 Å². The molecule has 3 nitrogen and oxygen atoms in total. The minimum Gasteiger partial charge on any atom is -0.330 e. The molecule has 0 aromatic rings. The predicted octanol–water partition coefficient (Wildman–Crippen LogP) is -0.282. The van der Waals surface area contributed by atoms with Gasteiger partial charge in [-0.3, -0.25) is 0 Å². The monoisotopic (exact) mass is 181 g/mol. The maximum atomic E-state index is 12.8. The highest BCUT2D eigenvalue weighted by molar-refractivity contribution is 7.92. The Morgan fingerprint density at radius 3 is 2.45 bits per heavy atom. The fraction of sp³-hybridized carbons (Fsp3) is 1.00. The summed E-state index contributed by atoms with van der Waals surface area (Å²) in [5, 5.41) is 0. The Morgan fingerprint density at radius 2 is 2.09 bits per heavy atom. The Morgan fingerprint density at radius 1 is 1.55 bits per heavy atom. The molecule has 0 aromatic carbocycles. The SMILES string of the molecule is NCCC(F)C1CS(=O)(=O)C1. The van der Waals surface area contributed by atoms with Crippen LogP contribution in [-0.2, 0) is 9.84 Å². The number of alkyl halides is 1. The summed E-state index contributed by atoms with van der Waals surface area (Å²) in [6.45, 7) is 0.289. The third kappa shape index (κ3) is 2.13. The van der Waals surface area contributed by atoms with Crippen molar-refractivity contribution in [2.24, 2.45) is 11.7 Å². The highest BCUT2D eigenvalue weighted by Gasteiger charge is 2.38. The lowest BCUT2D eigenvalue weighted by Crippen LogP contribution is -2.42. The summed E-state index contributed by atoms with van der Waals surface area (Å²) in [7, 11) is -2.87. The van der Waals surface area contributed by atoms with Crippen molar-refractivity contribution >= 4 is 9.84 Å². The molecule has 0 saturated carbocycles. The van der Waals surface area contributed by atoms with E-state index in [9.17, 15) is 12.8 Å². The van der Waals surface area contributed by atoms with Gasteiger partial charge in [-0.05, 0) is 13.0 Å². The van der Waals surface area contributed by atoms with Gasteiger partial charge in [-0.25, -0.2) is 12.8 Å². The molecule has 1 saturated heterocycles. The largest absolute Gasteiger partial charge is 0.330 e. The van der Waals surface area contributed by atoms with Crippen molar-refractivity contribution in [2.45, 2.75) is 12.6 Å². The molecule has 0 spiro atoms. The number of rotatable bonds is 3. The van der Waals surface area contributed by atoms with Gasteiger partial charge in [0.2, 0.25) is 0 Å². The molecule has 0 amide bonds. The third-order valence-electron chi connectivity index (χ3n) is 1.89. The topological polar surface area (TPSA) is 60.2 Å². The molecule has 5 heteroatoms. The van der Waals surface area contributed by atoms with E-state index in [1.54, 1.807) is 0 Å². The van der Waals surface area contributed by atoms with Crippen LogP contribution in [0, 0.1) is 5.92 Å². The first kappa shape index (κ1) is 8.93. The molecule has 1 fully saturated rings. The fourth-order valence-corrected chi connectivity index (χ4v) is 2.83. The summed E-state index contributed by atoms with van der Waals surface area (Å²) >= 11 is 0. The lowest BCUT2D eigenvalue weighted by atomic mass is 10.1. The van der Waals surface area contributed by atoms with Crippen molar-refractivity contribution in [3.05, 3.63) is 0 Å². The van der Waals surface area contributed by atoms with Gasteiger partial charge in [0.05, 0.1) is 11.5 Å². The second kappa shape index (κ2) is 3.06. The predicted molar refractivity (Wildman–Crippen MR) is 40.7 cm³/mol. The van der Waals surface area contributed by atoms with Crippen LogP contribution >= 0.6 is 0 Å². The lowest BCUT2D eigenvalue weighted by molar-refractivity contribution is 0.235. The molecule has 1 aliphatic heterocycles. The number of hydrogen-bond acceptors (Lipinski definition) is 3. The van der Waals surface area contributed by atoms with Crippen LogP contribution in [0.1, 0.15) is 6.42 Å². The molecular weight excluding hydrogens is 169 g/mol. The van der Waals surface area contributed by atoms with Crippen molar-refractivity contribution in [3.63, 3.8) is 0 Å². The average Bonchev–Trinajstić information content (AvgIpc) is 1.83. The van der Waals surface area contributed by atoms with Gasteiger partial charge in [0.25, 0.3) is 0 Å². The molecular formula is C6H12FNO2S. The Bertz CT molecular complexity index is 215. The van der Waals surface area contributed by atoms with Gasteiger partial charge in [0, 0.05) is 5.92 Å². The standard InChI is InChI=1S/C6H12FNO2S/c7-6(1-2-8)5-3-11(9,10)4-5/h5-6H,1-4,8H2. The van der Waals surface area contributed by atoms with Crippen LogP contribution in [0.15, 0.2) is 0 Å². The van der Waals surface area contributed by atoms with Gasteiger partial charge in [-0.1, -0.05) is 0 Å². The Labute approximate surface area is 65.7 Å². The van der Waals surface area contributed by atoms with E-state index in [1.807, 2.05) is 0 Å². The Balaban J connectivity index is 2.32. The maximum Gasteiger partial charge on any atom is 0.151 e. The molecule has 1 rings (SSSR count). The van der Waals surface area contributed by atoms with Crippen LogP contribution in [-0.4, -0.2) is 32.6 Å². The van der Waals surface area contributed by atoms with Crippen molar-refractivity contribution in [3.8, 4) is 0 Å². The molecule has 1 heterocycles. The molecule has 0 radical (unpaired) electrons. The van der Waals surface area contributed by atoms with E-state index >= 15 is 0 Å². The van der Waals surface area contributed by atoms with Crippen molar-refractivity contribution in [2.75, 3.05) is 18.1 Å². The van der Waals surface area contributed by atoms with Gasteiger partial charge in [-0.15, -0.1) is 0 Å². The van der Waals surface area contributed by atoms with Crippen LogP contribution in [0.2, 0.25) is 0 Å². The minimum absolute atomic E-state index is 0.00810. The zero-order valence-corrected chi connectivity index (χ0v) is 6.98. The average molecular weight is 181 g/mol. The van der Waals surface area contributed by atoms with E-state index in [2.05, 4.69) is 0 Å². The second-order valence-corrected chi connectivity index (χ2v) is 5.08. The van der Waals surface area contributed by atoms with Crippen LogP contribution in [0.4, 0.5) is 4.39 Å². The first-order valence-electron chi connectivity index (χ1n) is 3.60. The lowest BCUT2D eigenvalue weighted by Gasteiger charge is -2.28. The fourth-order valence-electron chi connectivity index (χ4n) is 1.21. The zero-order valence-electron chi connectivity index (χ0n) is 6.16. The van der Waals surface area contributed by atoms with Gasteiger partial charge in [0.1, 0.15) is 6.17 Å². The molecule has 2 N–H and O–H groups in total. The molecule has 66 valence electrons. The highest BCUT2D eigenvalue weighted by Crippen LogP contribution is 2.25. The first-order valence-corrected chi connectivity index (χ1v) is 5.42. The van der Waals surface area contributed by atoms with Crippen molar-refractivity contribution in [1.82, 2.24) is 0 Å². The molecule has 1 atom stereocenters. The van der Waals surface area contributed by atoms with Gasteiger partial charge < -0.3 is 5.73 Å². The summed E-state index contributed by atoms with van der Waals surface area (Å²) in [4.78, 5) is 0. The molecule has 0 bridgehead atoms. The van der Waals surface area contributed by atoms with Crippen molar-refractivity contribution < 1.29 is 12.8 Å². The smallest absolute Gasteiger partial charge is 0.151 e. The molecule has 0 aliphatic carbocycles. The van der Waals surface area contributed by atoms with E-state index in [4.69, 9.17) is 5.73 Å². The van der Waals surface area contributed by atoms with Gasteiger partial charge in [0.15, 0.2) is 9.84 Å². The molecule has 0 aromatic heterocycles. The maximum absolute atomic E-state index is 12.8. The minimum atomic E-state index is -2.87. The molecule has 1 aliphatic rings. The van der Waals surface area contributed by atoms with E-state index in [-0.39, 0.29) is 30.4 Å². The van der Waals surface area contributed by atoms with E-state index in [1.165, 1.54) is 0 Å². The van der Waals surface area contributed by atoms with Crippen LogP contribution < -0.4 is 5.73 Å². The van der Waals surface area contributed by atoms with Crippen LogP contribution in [0.3, 0.4) is 0 Å². The molecule has 1 unspecified atom stereocenters. The van der Waals surface area contributed by atoms with Crippen LogP contribution in [0.25, 0.3) is 0 Å². The summed E-state index contributed by atoms with van der Waals surface area (Å²) in [5.41, 5.74) is 5.12. The molecule has 11 heavy (non-hydrogen) atoms. The first-order chi connectivity index (χ1) is 5.05. The highest BCUT2D eigenvalue weighted by atomic mass is 32.2. The summed E-state index contributed by atoms with van der Waals surface area (Å²) in [6.07, 6.45) is -0.747. The van der Waals surface area contributed by atoms with E-state index in [0.29, 0.717) is 0 Å². The number of sulfone groups is 1. The third-order valence-corrected chi connectivity index (χ3v) is 3.76. The summed E-state index contributed by atoms with van der Waals surface area (Å²) in [6, 6.07) is 0. The number of hydrogen-bond donors (Lipinski definition) is 1. The number of halogens is 1. The normalized spacial score (nSPS) is 26.0. The number of nitrogens with two attached hydrogens (primary N) is 1. The van der Waals surface area contributed by atoms with Crippen LogP contribution in [0.5, 0.6) is 0 Å². The quantitative estimate of drug-likeness (QED) is 0.651. The van der Waals surface area contributed by atoms with E-state index < -0.39 is 16.0 Å². The summed E-state index contributed by atoms with van der Waals surface area (Å²) < 4.78 is 34.1.